The van der Waals surface area contributed by atoms with Gasteiger partial charge < -0.3 is 0 Å². The first-order chi connectivity index (χ1) is 23.0. The molecule has 0 saturated carbocycles. The maximum atomic E-state index is 4.69. The number of aromatic nitrogens is 11. The molecule has 0 saturated heterocycles. The van der Waals surface area contributed by atoms with Crippen LogP contribution in [0, 0.1) is 0 Å². The Morgan fingerprint density at radius 1 is 0.646 bits per heavy atom. The molecule has 0 bridgehead atoms. The van der Waals surface area contributed by atoms with Crippen molar-refractivity contribution in [1.82, 2.24) is 51.6 Å². The van der Waals surface area contributed by atoms with E-state index in [1.165, 1.54) is 11.1 Å². The van der Waals surface area contributed by atoms with Gasteiger partial charge in [0.05, 0.1) is 0 Å². The molecule has 0 amide bonds. The summed E-state index contributed by atoms with van der Waals surface area (Å²) >= 11 is -3.47. The van der Waals surface area contributed by atoms with Crippen molar-refractivity contribution in [2.24, 2.45) is 0 Å². The van der Waals surface area contributed by atoms with Crippen LogP contribution < -0.4 is 0 Å². The van der Waals surface area contributed by atoms with Gasteiger partial charge in [-0.15, -0.1) is 0 Å². The molecule has 0 radical (unpaired) electrons. The van der Waals surface area contributed by atoms with Crippen LogP contribution in [0.4, 0.5) is 0 Å². The molecule has 0 unspecified atom stereocenters. The van der Waals surface area contributed by atoms with Gasteiger partial charge in [-0.05, 0) is 0 Å². The van der Waals surface area contributed by atoms with Crippen LogP contribution in [0.5, 0.6) is 0 Å². The van der Waals surface area contributed by atoms with Gasteiger partial charge in [0.1, 0.15) is 0 Å². The molecule has 6 rings (SSSR count). The molecular formula is C34H43N11SSn2. The van der Waals surface area contributed by atoms with Crippen molar-refractivity contribution in [2.45, 2.75) is 73.3 Å². The first kappa shape index (κ1) is 34.7. The summed E-state index contributed by atoms with van der Waals surface area (Å²) in [6.07, 6.45) is 3.07. The molecule has 3 aromatic carbocycles. The molecule has 248 valence electrons. The van der Waals surface area contributed by atoms with Crippen molar-refractivity contribution in [3.8, 4) is 33.9 Å². The van der Waals surface area contributed by atoms with Crippen LogP contribution in [0.15, 0.2) is 78.0 Å². The Bertz CT molecular complexity index is 1990. The van der Waals surface area contributed by atoms with Gasteiger partial charge in [0, 0.05) is 0 Å². The van der Waals surface area contributed by atoms with E-state index in [4.69, 9.17) is 0 Å². The van der Waals surface area contributed by atoms with Crippen molar-refractivity contribution in [3.63, 3.8) is 0 Å². The Labute approximate surface area is 295 Å². The van der Waals surface area contributed by atoms with Crippen molar-refractivity contribution < 1.29 is 0 Å². The molecule has 3 aromatic heterocycles. The third kappa shape index (κ3) is 7.70. The molecule has 0 atom stereocenters. The number of rotatable bonds is 13. The third-order valence-electron chi connectivity index (χ3n) is 8.15. The van der Waals surface area contributed by atoms with Gasteiger partial charge in [-0.25, -0.2) is 0 Å². The summed E-state index contributed by atoms with van der Waals surface area (Å²) in [7, 11) is 0. The fourth-order valence-corrected chi connectivity index (χ4v) is 12.9. The van der Waals surface area contributed by atoms with E-state index in [-0.39, 0.29) is 0 Å². The summed E-state index contributed by atoms with van der Waals surface area (Å²) in [6, 6.07) is 25.7. The summed E-state index contributed by atoms with van der Waals surface area (Å²) in [4.78, 5) is 13.9. The normalized spacial score (nSPS) is 12.1. The minimum atomic E-state index is -2.59. The standard InChI is InChI=1S/C28H25N11S.6CH3.2Sn/c1-2-3-12-25-29-34-28(40-18-21-8-4-5-10-23(21)26-30-35-36-31-26)39(25)17-19-13-15-20(16-14-19)22-9-6-7-11-24(22)27-32-37-38-33-27;;;;;;;;/h4-11,13-16H,2-3,12,17-18H2,1H3;6*1H3;;/q-2;;;;;;;2*+1. The average Bonchev–Trinajstić information content (AvgIpc) is 3.84. The van der Waals surface area contributed by atoms with Gasteiger partial charge in [-0.2, -0.15) is 0 Å². The van der Waals surface area contributed by atoms with Gasteiger partial charge in [0.15, 0.2) is 0 Å². The zero-order chi connectivity index (χ0) is 33.9. The number of thioether (sulfide) groups is 1. The Hall–Kier alpha value is -3.11. The molecule has 3 heterocycles. The minimum absolute atomic E-state index is 0.700. The number of nitrogens with zero attached hydrogens (tertiary/aromatic N) is 11. The van der Waals surface area contributed by atoms with Crippen LogP contribution >= 0.6 is 11.8 Å². The quantitative estimate of drug-likeness (QED) is 0.0871. The number of benzene rings is 3. The van der Waals surface area contributed by atoms with E-state index in [9.17, 15) is 0 Å². The molecule has 0 N–H and O–H groups in total. The first-order valence-electron chi connectivity index (χ1n) is 16.4. The van der Waals surface area contributed by atoms with Gasteiger partial charge in [0.2, 0.25) is 0 Å². The summed E-state index contributed by atoms with van der Waals surface area (Å²) < 4.78 is 6.48. The molecule has 11 nitrogen and oxygen atoms in total. The van der Waals surface area contributed by atoms with E-state index in [2.05, 4.69) is 161 Å². The van der Waals surface area contributed by atoms with E-state index in [1.807, 2.05) is 0 Å². The Balaban J connectivity index is 1.26. The summed E-state index contributed by atoms with van der Waals surface area (Å²) in [6.45, 7) is 2.91. The zero-order valence-electron chi connectivity index (χ0n) is 28.8. The second kappa shape index (κ2) is 14.8. The van der Waals surface area contributed by atoms with Crippen LogP contribution in [-0.4, -0.2) is 88.9 Å². The average molecular weight is 875 g/mol. The van der Waals surface area contributed by atoms with E-state index in [0.29, 0.717) is 6.54 Å². The molecule has 0 aliphatic rings. The molecule has 48 heavy (non-hydrogen) atoms. The first-order valence-corrected chi connectivity index (χ1v) is 37.1. The number of unbranched alkanes of at least 4 members (excludes halogenated alkanes) is 1. The topological polar surface area (TPSA) is 118 Å². The fourth-order valence-electron chi connectivity index (χ4n) is 5.63. The number of aryl methyl sites for hydroxylation is 1. The summed E-state index contributed by atoms with van der Waals surface area (Å²) in [5.74, 6) is 3.47. The maximum absolute atomic E-state index is 4.69. The zero-order valence-corrected chi connectivity index (χ0v) is 35.3. The van der Waals surface area contributed by atoms with E-state index >= 15 is 0 Å². The van der Waals surface area contributed by atoms with Gasteiger partial charge >= 0.3 is 291 Å². The van der Waals surface area contributed by atoms with Crippen LogP contribution in [0.2, 0.25) is 29.6 Å². The molecular weight excluding hydrogens is 832 g/mol. The second-order valence-corrected chi connectivity index (χ2v) is 42.1. The third-order valence-corrected chi connectivity index (χ3v) is 18.1. The number of hydrogen-bond donors (Lipinski definition) is 0. The Kier molecular flexibility index (Phi) is 10.7. The fraction of sp³-hybridized carbons (Fsp3) is 0.353. The molecule has 0 fully saturated rings. The molecule has 14 heteroatoms. The van der Waals surface area contributed by atoms with Crippen LogP contribution in [0.3, 0.4) is 0 Å². The van der Waals surface area contributed by atoms with Crippen molar-refractivity contribution >= 4 is 49.1 Å². The predicted molar refractivity (Wildman–Crippen MR) is 197 cm³/mol. The molecule has 0 aliphatic carbocycles. The van der Waals surface area contributed by atoms with Crippen molar-refractivity contribution in [3.05, 3.63) is 89.7 Å². The Morgan fingerprint density at radius 2 is 1.23 bits per heavy atom. The number of tetrazole rings is 2. The Morgan fingerprint density at radius 3 is 1.85 bits per heavy atom. The van der Waals surface area contributed by atoms with E-state index in [1.54, 1.807) is 11.8 Å². The molecule has 6 aromatic rings. The second-order valence-electron chi connectivity index (χ2n) is 13.9. The SMILES string of the molecule is CCCCc1nnc(SCc2ccccc2-c2nnn[n]2[Sn]([CH3])([CH3])[CH3])n1Cc1ccc(-c2ccccc2-c2nnn[n]2[Sn]([CH3])([CH3])[CH3])cc1. The van der Waals surface area contributed by atoms with E-state index in [0.717, 1.165) is 69.9 Å². The number of hydrogen-bond acceptors (Lipinski definition) is 9. The van der Waals surface area contributed by atoms with Crippen molar-refractivity contribution in [2.75, 3.05) is 0 Å². The predicted octanol–water partition coefficient (Wildman–Crippen LogP) is 7.30. The van der Waals surface area contributed by atoms with Crippen LogP contribution in [0.1, 0.15) is 36.7 Å². The molecule has 0 aliphatic heterocycles. The van der Waals surface area contributed by atoms with Gasteiger partial charge in [-0.3, -0.25) is 0 Å². The summed E-state index contributed by atoms with van der Waals surface area (Å²) in [5, 5.41) is 36.0. The van der Waals surface area contributed by atoms with Crippen LogP contribution in [-0.2, 0) is 18.7 Å². The van der Waals surface area contributed by atoms with Gasteiger partial charge in [0.25, 0.3) is 0 Å². The van der Waals surface area contributed by atoms with Crippen molar-refractivity contribution in [1.29, 1.82) is 0 Å². The summed E-state index contributed by atoms with van der Waals surface area (Å²) in [5.41, 5.74) is 6.78. The van der Waals surface area contributed by atoms with E-state index < -0.39 is 37.3 Å². The van der Waals surface area contributed by atoms with Crippen LogP contribution in [0.25, 0.3) is 33.9 Å². The van der Waals surface area contributed by atoms with Gasteiger partial charge in [-0.1, -0.05) is 6.92 Å². The monoisotopic (exact) mass is 877 g/mol. The molecule has 0 spiro atoms.